The van der Waals surface area contributed by atoms with Crippen LogP contribution in [0.5, 0.6) is 0 Å². The number of aromatic nitrogens is 1. The second-order valence-electron chi connectivity index (χ2n) is 14.1. The normalized spacial score (nSPS) is 11.6. The Morgan fingerprint density at radius 2 is 0.964 bits per heavy atom. The van der Waals surface area contributed by atoms with E-state index in [-0.39, 0.29) is 0 Å². The smallest absolute Gasteiger partial charge is 0.160 e. The van der Waals surface area contributed by atoms with E-state index in [4.69, 9.17) is 4.42 Å². The summed E-state index contributed by atoms with van der Waals surface area (Å²) in [6.07, 6.45) is 0. The molecular weight excluding hydrogens is 669 g/mol. The Kier molecular flexibility index (Phi) is 7.17. The van der Waals surface area contributed by atoms with Gasteiger partial charge >= 0.3 is 0 Å². The minimum absolute atomic E-state index is 0.868. The lowest BCUT2D eigenvalue weighted by Gasteiger charge is -2.28. The summed E-state index contributed by atoms with van der Waals surface area (Å²) in [4.78, 5) is 2.37. The molecule has 0 fully saturated rings. The van der Waals surface area contributed by atoms with Gasteiger partial charge < -0.3 is 13.9 Å². The van der Waals surface area contributed by atoms with Crippen molar-refractivity contribution in [3.05, 3.63) is 206 Å². The molecule has 0 amide bonds. The average Bonchev–Trinajstić information content (AvgIpc) is 3.82. The molecule has 0 unspecified atom stereocenters. The molecule has 0 spiro atoms. The highest BCUT2D eigenvalue weighted by Gasteiger charge is 2.24. The molecule has 0 bridgehead atoms. The number of para-hydroxylation sites is 4. The van der Waals surface area contributed by atoms with Crippen molar-refractivity contribution >= 4 is 71.6 Å². The van der Waals surface area contributed by atoms with Crippen molar-refractivity contribution in [1.29, 1.82) is 0 Å². The number of benzene rings is 9. The van der Waals surface area contributed by atoms with Crippen molar-refractivity contribution in [3.8, 4) is 27.9 Å². The maximum Gasteiger partial charge on any atom is 0.160 e. The Morgan fingerprint density at radius 1 is 0.400 bits per heavy atom. The monoisotopic (exact) mass is 702 g/mol. The molecule has 3 heteroatoms. The molecule has 11 rings (SSSR count). The van der Waals surface area contributed by atoms with Crippen LogP contribution in [0.1, 0.15) is 0 Å². The van der Waals surface area contributed by atoms with Crippen LogP contribution < -0.4 is 4.90 Å². The molecule has 0 saturated heterocycles. The highest BCUT2D eigenvalue weighted by molar-refractivity contribution is 6.23. The van der Waals surface area contributed by atoms with Crippen LogP contribution in [0.25, 0.3) is 82.5 Å². The van der Waals surface area contributed by atoms with Crippen LogP contribution in [0, 0.1) is 0 Å². The molecule has 9 aromatic carbocycles. The number of rotatable bonds is 6. The van der Waals surface area contributed by atoms with E-state index in [9.17, 15) is 0 Å². The zero-order chi connectivity index (χ0) is 36.3. The van der Waals surface area contributed by atoms with E-state index in [1.165, 1.54) is 32.6 Å². The third-order valence-electron chi connectivity index (χ3n) is 11.0. The SMILES string of the molecule is c1ccc(-c2ccccc2N(c2ccc(-c3ccc(-n4c5ccccc5c5ccccc54)cc3)cc2)c2cc3ccccc3c3c2oc2ccccc23)cc1. The fourth-order valence-corrected chi connectivity index (χ4v) is 8.47. The number of fused-ring (bicyclic) bond motifs is 8. The first-order valence-corrected chi connectivity index (χ1v) is 18.8. The summed E-state index contributed by atoms with van der Waals surface area (Å²) in [7, 11) is 0. The van der Waals surface area contributed by atoms with E-state index in [0.717, 1.165) is 66.9 Å². The van der Waals surface area contributed by atoms with Gasteiger partial charge in [-0.1, -0.05) is 152 Å². The summed E-state index contributed by atoms with van der Waals surface area (Å²) in [6.45, 7) is 0. The van der Waals surface area contributed by atoms with Gasteiger partial charge in [0, 0.05) is 38.5 Å². The first kappa shape index (κ1) is 31.2. The Hall–Kier alpha value is -7.36. The van der Waals surface area contributed by atoms with Crippen LogP contribution in [0.2, 0.25) is 0 Å². The molecule has 0 aliphatic carbocycles. The first-order chi connectivity index (χ1) is 27.3. The van der Waals surface area contributed by atoms with E-state index < -0.39 is 0 Å². The largest absolute Gasteiger partial charge is 0.454 e. The summed E-state index contributed by atoms with van der Waals surface area (Å²) < 4.78 is 9.17. The molecular formula is C52H34N2O. The molecule has 3 nitrogen and oxygen atoms in total. The highest BCUT2D eigenvalue weighted by Crippen LogP contribution is 2.48. The topological polar surface area (TPSA) is 21.3 Å². The molecule has 0 saturated carbocycles. The molecule has 0 radical (unpaired) electrons. The van der Waals surface area contributed by atoms with Gasteiger partial charge in [-0.15, -0.1) is 0 Å². The standard InChI is InChI=1S/C52H34N2O/c1-2-14-37(15-3-1)41-17-6-10-22-46(41)54(49-34-38-16-4-5-18-42(38)51-45-21-9-13-25-50(45)55-52(49)51)40-32-28-36(29-33-40)35-26-30-39(31-27-35)53-47-23-11-7-19-43(47)44-20-8-12-24-48(44)53/h1-34H. The third-order valence-corrected chi connectivity index (χ3v) is 11.0. The van der Waals surface area contributed by atoms with E-state index in [1.54, 1.807) is 0 Å². The van der Waals surface area contributed by atoms with Crippen molar-refractivity contribution in [2.75, 3.05) is 4.90 Å². The van der Waals surface area contributed by atoms with Gasteiger partial charge in [0.1, 0.15) is 5.58 Å². The highest BCUT2D eigenvalue weighted by atomic mass is 16.3. The molecule has 55 heavy (non-hydrogen) atoms. The average molecular weight is 703 g/mol. The van der Waals surface area contributed by atoms with E-state index in [2.05, 4.69) is 210 Å². The van der Waals surface area contributed by atoms with Crippen LogP contribution in [0.4, 0.5) is 17.1 Å². The van der Waals surface area contributed by atoms with Gasteiger partial charge in [-0.05, 0) is 82.1 Å². The summed E-state index contributed by atoms with van der Waals surface area (Å²) in [5.74, 6) is 0. The molecule has 2 aromatic heterocycles. The summed E-state index contributed by atoms with van der Waals surface area (Å²) in [5.41, 5.74) is 13.1. The Morgan fingerprint density at radius 3 is 1.69 bits per heavy atom. The van der Waals surface area contributed by atoms with Gasteiger partial charge in [-0.3, -0.25) is 0 Å². The Bertz CT molecular complexity index is 3140. The van der Waals surface area contributed by atoms with Crippen molar-refractivity contribution in [2.24, 2.45) is 0 Å². The van der Waals surface area contributed by atoms with Crippen LogP contribution in [0.15, 0.2) is 211 Å². The quantitative estimate of drug-likeness (QED) is 0.172. The number of anilines is 3. The summed E-state index contributed by atoms with van der Waals surface area (Å²) in [5, 5.41) is 7.13. The minimum atomic E-state index is 0.868. The predicted octanol–water partition coefficient (Wildman–Crippen LogP) is 14.6. The number of hydrogen-bond donors (Lipinski definition) is 0. The molecule has 258 valence electrons. The van der Waals surface area contributed by atoms with Gasteiger partial charge in [0.2, 0.25) is 0 Å². The van der Waals surface area contributed by atoms with Crippen LogP contribution in [-0.4, -0.2) is 4.57 Å². The second kappa shape index (κ2) is 12.6. The van der Waals surface area contributed by atoms with Crippen LogP contribution in [0.3, 0.4) is 0 Å². The minimum Gasteiger partial charge on any atom is -0.454 e. The summed E-state index contributed by atoms with van der Waals surface area (Å²) in [6, 6.07) is 73.8. The number of nitrogens with zero attached hydrogens (tertiary/aromatic N) is 2. The zero-order valence-electron chi connectivity index (χ0n) is 29.9. The van der Waals surface area contributed by atoms with Crippen LogP contribution in [-0.2, 0) is 0 Å². The lowest BCUT2D eigenvalue weighted by Crippen LogP contribution is -2.11. The van der Waals surface area contributed by atoms with Crippen molar-refractivity contribution in [2.45, 2.75) is 0 Å². The van der Waals surface area contributed by atoms with Gasteiger partial charge in [-0.25, -0.2) is 0 Å². The van der Waals surface area contributed by atoms with Crippen molar-refractivity contribution < 1.29 is 4.42 Å². The first-order valence-electron chi connectivity index (χ1n) is 18.8. The molecule has 0 aliphatic heterocycles. The van der Waals surface area contributed by atoms with E-state index in [1.807, 2.05) is 6.07 Å². The fourth-order valence-electron chi connectivity index (χ4n) is 8.47. The molecule has 0 N–H and O–H groups in total. The van der Waals surface area contributed by atoms with E-state index >= 15 is 0 Å². The molecule has 0 atom stereocenters. The number of hydrogen-bond acceptors (Lipinski definition) is 2. The maximum absolute atomic E-state index is 6.81. The van der Waals surface area contributed by atoms with Gasteiger partial charge in [-0.2, -0.15) is 0 Å². The Balaban J connectivity index is 1.07. The molecule has 0 aliphatic rings. The van der Waals surface area contributed by atoms with Crippen LogP contribution >= 0.6 is 0 Å². The van der Waals surface area contributed by atoms with Gasteiger partial charge in [0.05, 0.1) is 22.4 Å². The zero-order valence-corrected chi connectivity index (χ0v) is 29.9. The maximum atomic E-state index is 6.81. The lowest BCUT2D eigenvalue weighted by atomic mass is 9.99. The lowest BCUT2D eigenvalue weighted by molar-refractivity contribution is 0.669. The number of furan rings is 1. The van der Waals surface area contributed by atoms with Gasteiger partial charge in [0.15, 0.2) is 5.58 Å². The molecule has 11 aromatic rings. The van der Waals surface area contributed by atoms with Gasteiger partial charge in [0.25, 0.3) is 0 Å². The third kappa shape index (κ3) is 5.05. The van der Waals surface area contributed by atoms with Crippen molar-refractivity contribution in [3.63, 3.8) is 0 Å². The van der Waals surface area contributed by atoms with Crippen molar-refractivity contribution in [1.82, 2.24) is 4.57 Å². The molecule has 2 heterocycles. The van der Waals surface area contributed by atoms with E-state index in [0.29, 0.717) is 0 Å². The second-order valence-corrected chi connectivity index (χ2v) is 14.1. The Labute approximate surface area is 318 Å². The fraction of sp³-hybridized carbons (Fsp3) is 0. The summed E-state index contributed by atoms with van der Waals surface area (Å²) >= 11 is 0. The predicted molar refractivity (Wildman–Crippen MR) is 231 cm³/mol.